The third-order valence-electron chi connectivity index (χ3n) is 5.53. The van der Waals surface area contributed by atoms with Gasteiger partial charge in [0, 0.05) is 40.2 Å². The first-order chi connectivity index (χ1) is 17.5. The van der Waals surface area contributed by atoms with Crippen molar-refractivity contribution >= 4 is 39.9 Å². The van der Waals surface area contributed by atoms with E-state index in [9.17, 15) is 19.7 Å². The number of benzene rings is 4. The lowest BCUT2D eigenvalue weighted by Crippen LogP contribution is -2.11. The third-order valence-corrected chi connectivity index (χ3v) is 5.53. The van der Waals surface area contributed by atoms with E-state index in [1.165, 1.54) is 24.3 Å². The Morgan fingerprint density at radius 2 is 1.36 bits per heavy atom. The van der Waals surface area contributed by atoms with E-state index < -0.39 is 4.92 Å². The van der Waals surface area contributed by atoms with E-state index in [-0.39, 0.29) is 17.5 Å². The number of rotatable bonds is 6. The average molecular weight is 477 g/mol. The minimum atomic E-state index is -0.515. The Morgan fingerprint density at radius 1 is 0.750 bits per heavy atom. The van der Waals surface area contributed by atoms with Crippen molar-refractivity contribution in [3.05, 3.63) is 118 Å². The van der Waals surface area contributed by atoms with Crippen molar-refractivity contribution in [1.82, 2.24) is 9.97 Å². The molecule has 0 radical (unpaired) electrons. The first-order valence-electron chi connectivity index (χ1n) is 11.0. The Balaban J connectivity index is 1.29. The van der Waals surface area contributed by atoms with Gasteiger partial charge < -0.3 is 15.6 Å². The van der Waals surface area contributed by atoms with E-state index in [2.05, 4.69) is 20.6 Å². The van der Waals surface area contributed by atoms with E-state index in [0.717, 1.165) is 16.6 Å². The number of H-pyrrole nitrogens is 1. The standard InChI is InChI=1S/C27H19N5O4/c33-26(18-8-13-22(14-9-18)32(35)36)29-21-11-6-17(7-12-21)25-30-23-15-10-19(16-24(23)31-25)27(34)28-20-4-2-1-3-5-20/h1-16H,(H,28,34)(H,29,33)(H,30,31). The van der Waals surface area contributed by atoms with Crippen LogP contribution < -0.4 is 10.6 Å². The number of nitrogens with one attached hydrogen (secondary N) is 3. The smallest absolute Gasteiger partial charge is 0.269 e. The fraction of sp³-hybridized carbons (Fsp3) is 0. The molecular weight excluding hydrogens is 458 g/mol. The van der Waals surface area contributed by atoms with Gasteiger partial charge in [0.15, 0.2) is 0 Å². The number of carbonyl (C=O) groups excluding carboxylic acids is 2. The minimum Gasteiger partial charge on any atom is -0.338 e. The van der Waals surface area contributed by atoms with Crippen LogP contribution in [0.1, 0.15) is 20.7 Å². The highest BCUT2D eigenvalue weighted by Crippen LogP contribution is 2.24. The molecule has 1 aromatic heterocycles. The monoisotopic (exact) mass is 477 g/mol. The van der Waals surface area contributed by atoms with Crippen LogP contribution in [0.5, 0.6) is 0 Å². The van der Waals surface area contributed by atoms with Crippen molar-refractivity contribution in [1.29, 1.82) is 0 Å². The second-order valence-electron chi connectivity index (χ2n) is 7.97. The molecule has 4 aromatic carbocycles. The molecule has 0 saturated carbocycles. The summed E-state index contributed by atoms with van der Waals surface area (Å²) < 4.78 is 0. The van der Waals surface area contributed by atoms with E-state index in [0.29, 0.717) is 28.3 Å². The quantitative estimate of drug-likeness (QED) is 0.215. The lowest BCUT2D eigenvalue weighted by atomic mass is 10.1. The normalized spacial score (nSPS) is 10.7. The van der Waals surface area contributed by atoms with Gasteiger partial charge in [-0.2, -0.15) is 0 Å². The summed E-state index contributed by atoms with van der Waals surface area (Å²) in [6.07, 6.45) is 0. The van der Waals surface area contributed by atoms with Crippen molar-refractivity contribution in [2.45, 2.75) is 0 Å². The van der Waals surface area contributed by atoms with E-state index >= 15 is 0 Å². The van der Waals surface area contributed by atoms with Crippen molar-refractivity contribution in [2.75, 3.05) is 10.6 Å². The van der Waals surface area contributed by atoms with Crippen LogP contribution in [-0.2, 0) is 0 Å². The summed E-state index contributed by atoms with van der Waals surface area (Å²) in [6, 6.07) is 27.0. The number of carbonyl (C=O) groups is 2. The van der Waals surface area contributed by atoms with Crippen LogP contribution in [0.4, 0.5) is 17.1 Å². The second kappa shape index (κ2) is 9.51. The number of hydrogen-bond donors (Lipinski definition) is 3. The van der Waals surface area contributed by atoms with Crippen molar-refractivity contribution in [3.8, 4) is 11.4 Å². The van der Waals surface area contributed by atoms with Gasteiger partial charge >= 0.3 is 0 Å². The summed E-state index contributed by atoms with van der Waals surface area (Å²) in [4.78, 5) is 43.1. The molecule has 0 aliphatic rings. The number of aromatic nitrogens is 2. The minimum absolute atomic E-state index is 0.0781. The average Bonchev–Trinajstić information content (AvgIpc) is 3.33. The van der Waals surface area contributed by atoms with Crippen molar-refractivity contribution in [2.24, 2.45) is 0 Å². The molecule has 0 saturated heterocycles. The van der Waals surface area contributed by atoms with Gasteiger partial charge in [-0.1, -0.05) is 18.2 Å². The zero-order valence-electron chi connectivity index (χ0n) is 18.8. The van der Waals surface area contributed by atoms with E-state index in [1.54, 1.807) is 30.3 Å². The molecular formula is C27H19N5O4. The van der Waals surface area contributed by atoms with Crippen LogP contribution >= 0.6 is 0 Å². The molecule has 0 bridgehead atoms. The molecule has 0 aliphatic carbocycles. The Morgan fingerprint density at radius 3 is 2.03 bits per heavy atom. The third kappa shape index (κ3) is 4.80. The number of anilines is 2. The van der Waals surface area contributed by atoms with Crippen LogP contribution in [-0.4, -0.2) is 26.7 Å². The summed E-state index contributed by atoms with van der Waals surface area (Å²) in [6.45, 7) is 0. The number of aromatic amines is 1. The molecule has 2 amide bonds. The summed E-state index contributed by atoms with van der Waals surface area (Å²) in [5.41, 5.74) is 4.27. The summed E-state index contributed by atoms with van der Waals surface area (Å²) in [7, 11) is 0. The predicted octanol–water partition coefficient (Wildman–Crippen LogP) is 5.64. The van der Waals surface area contributed by atoms with Crippen LogP contribution in [0.2, 0.25) is 0 Å². The molecule has 36 heavy (non-hydrogen) atoms. The molecule has 0 fully saturated rings. The number of fused-ring (bicyclic) bond motifs is 1. The number of para-hydroxylation sites is 1. The highest BCUT2D eigenvalue weighted by molar-refractivity contribution is 6.06. The predicted molar refractivity (Wildman–Crippen MR) is 137 cm³/mol. The molecule has 0 spiro atoms. The largest absolute Gasteiger partial charge is 0.338 e. The highest BCUT2D eigenvalue weighted by Gasteiger charge is 2.12. The van der Waals surface area contributed by atoms with Gasteiger partial charge in [-0.3, -0.25) is 19.7 Å². The number of imidazole rings is 1. The van der Waals surface area contributed by atoms with Gasteiger partial charge in [-0.15, -0.1) is 0 Å². The first-order valence-corrected chi connectivity index (χ1v) is 11.0. The molecule has 9 heteroatoms. The number of non-ortho nitro benzene ring substituents is 1. The molecule has 0 unspecified atom stereocenters. The maximum atomic E-state index is 12.6. The number of hydrogen-bond acceptors (Lipinski definition) is 5. The maximum Gasteiger partial charge on any atom is 0.269 e. The van der Waals surface area contributed by atoms with E-state index in [4.69, 9.17) is 0 Å². The molecule has 176 valence electrons. The van der Waals surface area contributed by atoms with Gasteiger partial charge in [0.2, 0.25) is 0 Å². The Labute approximate surface area is 205 Å². The fourth-order valence-corrected chi connectivity index (χ4v) is 3.66. The zero-order valence-corrected chi connectivity index (χ0v) is 18.8. The summed E-state index contributed by atoms with van der Waals surface area (Å²) in [5, 5.41) is 16.4. The Hall–Kier alpha value is -5.31. The van der Waals surface area contributed by atoms with E-state index in [1.807, 2.05) is 42.5 Å². The van der Waals surface area contributed by atoms with Crippen LogP contribution in [0.25, 0.3) is 22.4 Å². The molecule has 5 aromatic rings. The lowest BCUT2D eigenvalue weighted by molar-refractivity contribution is -0.384. The highest BCUT2D eigenvalue weighted by atomic mass is 16.6. The van der Waals surface area contributed by atoms with Crippen LogP contribution in [0.15, 0.2) is 97.1 Å². The maximum absolute atomic E-state index is 12.6. The van der Waals surface area contributed by atoms with Gasteiger partial charge in [-0.05, 0) is 66.7 Å². The van der Waals surface area contributed by atoms with Crippen molar-refractivity contribution in [3.63, 3.8) is 0 Å². The number of nitro benzene ring substituents is 1. The second-order valence-corrected chi connectivity index (χ2v) is 7.97. The molecule has 0 aliphatic heterocycles. The van der Waals surface area contributed by atoms with Gasteiger partial charge in [0.05, 0.1) is 16.0 Å². The number of amides is 2. The SMILES string of the molecule is O=C(Nc1ccc(-c2nc3ccc(C(=O)Nc4ccccc4)cc3[nH]2)cc1)c1ccc([N+](=O)[O-])cc1. The molecule has 3 N–H and O–H groups in total. The summed E-state index contributed by atoms with van der Waals surface area (Å²) >= 11 is 0. The fourth-order valence-electron chi connectivity index (χ4n) is 3.66. The first kappa shape index (κ1) is 22.5. The van der Waals surface area contributed by atoms with Gasteiger partial charge in [0.1, 0.15) is 5.82 Å². The van der Waals surface area contributed by atoms with Crippen LogP contribution in [0, 0.1) is 10.1 Å². The molecule has 9 nitrogen and oxygen atoms in total. The Kier molecular flexibility index (Phi) is 5.94. The molecule has 5 rings (SSSR count). The lowest BCUT2D eigenvalue weighted by Gasteiger charge is -2.06. The summed E-state index contributed by atoms with van der Waals surface area (Å²) in [5.74, 6) is 0.0360. The zero-order chi connectivity index (χ0) is 25.1. The number of nitro groups is 1. The van der Waals surface area contributed by atoms with Crippen molar-refractivity contribution < 1.29 is 14.5 Å². The van der Waals surface area contributed by atoms with Gasteiger partial charge in [0.25, 0.3) is 17.5 Å². The number of nitrogens with zero attached hydrogens (tertiary/aromatic N) is 2. The molecule has 1 heterocycles. The topological polar surface area (TPSA) is 130 Å². The molecule has 0 atom stereocenters. The van der Waals surface area contributed by atoms with Gasteiger partial charge in [-0.25, -0.2) is 4.98 Å². The van der Waals surface area contributed by atoms with Crippen LogP contribution in [0.3, 0.4) is 0 Å². The Bertz CT molecular complexity index is 1580.